The highest BCUT2D eigenvalue weighted by Gasteiger charge is 2.39. The van der Waals surface area contributed by atoms with Crippen molar-refractivity contribution in [3.8, 4) is 10.4 Å². The zero-order chi connectivity index (χ0) is 38.8. The maximum absolute atomic E-state index is 13.3. The summed E-state index contributed by atoms with van der Waals surface area (Å²) in [5.41, 5.74) is -4.56. The van der Waals surface area contributed by atoms with Crippen LogP contribution in [0, 0.1) is 8.70 Å². The number of amides is 2. The number of benzene rings is 3. The molecule has 0 spiro atoms. The number of alkyl halides is 12. The van der Waals surface area contributed by atoms with Crippen LogP contribution in [0.3, 0.4) is 0 Å². The second-order valence-electron chi connectivity index (χ2n) is 9.90. The van der Waals surface area contributed by atoms with E-state index in [-0.39, 0.29) is 29.6 Å². The van der Waals surface area contributed by atoms with E-state index < -0.39 is 70.0 Å². The fourth-order valence-corrected chi connectivity index (χ4v) is 6.60. The maximum atomic E-state index is 13.3. The van der Waals surface area contributed by atoms with E-state index in [4.69, 9.17) is 0 Å². The average molecular weight is 900 g/mol. The number of anilines is 2. The lowest BCUT2D eigenvalue weighted by atomic mass is 10.1. The third-order valence-corrected chi connectivity index (χ3v) is 9.20. The van der Waals surface area contributed by atoms with E-state index in [0.717, 1.165) is 48.5 Å². The normalized spacial score (nSPS) is 12.2. The van der Waals surface area contributed by atoms with Crippen molar-refractivity contribution in [2.24, 2.45) is 0 Å². The first-order valence-electron chi connectivity index (χ1n) is 13.5. The molecular formula is C30H14F13IN4O2S2. The molecule has 2 aromatic heterocycles. The van der Waals surface area contributed by atoms with Gasteiger partial charge in [-0.2, -0.15) is 52.7 Å². The molecule has 276 valence electrons. The number of hydrogen-bond acceptors (Lipinski definition) is 6. The van der Waals surface area contributed by atoms with Crippen molar-refractivity contribution in [2.45, 2.75) is 24.7 Å². The van der Waals surface area contributed by atoms with Crippen LogP contribution in [0.4, 0.5) is 67.3 Å². The molecule has 0 saturated carbocycles. The molecule has 2 N–H and O–H groups in total. The van der Waals surface area contributed by atoms with Gasteiger partial charge in [-0.3, -0.25) is 20.2 Å². The van der Waals surface area contributed by atoms with E-state index in [9.17, 15) is 66.7 Å². The Kier molecular flexibility index (Phi) is 11.9. The highest BCUT2D eigenvalue weighted by Crippen LogP contribution is 2.42. The first-order valence-corrected chi connectivity index (χ1v) is 16.2. The lowest BCUT2D eigenvalue weighted by molar-refractivity contribution is -0.141. The van der Waals surface area contributed by atoms with E-state index in [0.29, 0.717) is 46.9 Å². The van der Waals surface area contributed by atoms with Crippen LogP contribution in [-0.4, -0.2) is 21.8 Å². The molecule has 6 nitrogen and oxygen atoms in total. The van der Waals surface area contributed by atoms with Crippen molar-refractivity contribution in [3.05, 3.63) is 115 Å². The molecule has 5 rings (SSSR count). The minimum absolute atomic E-state index is 0.0475. The van der Waals surface area contributed by atoms with Crippen molar-refractivity contribution < 1.29 is 66.7 Å². The topological polar surface area (TPSA) is 84.0 Å². The van der Waals surface area contributed by atoms with Gasteiger partial charge in [0.15, 0.2) is 21.7 Å². The van der Waals surface area contributed by atoms with Crippen LogP contribution in [0.25, 0.3) is 10.4 Å². The third kappa shape index (κ3) is 10.4. The molecule has 0 unspecified atom stereocenters. The molecule has 0 aliphatic carbocycles. The minimum Gasteiger partial charge on any atom is -0.298 e. The van der Waals surface area contributed by atoms with Crippen LogP contribution >= 0.6 is 45.3 Å². The number of nitrogens with zero attached hydrogens (tertiary/aromatic N) is 2. The van der Waals surface area contributed by atoms with Gasteiger partial charge in [-0.1, -0.05) is 34.8 Å². The Bertz CT molecular complexity index is 2040. The summed E-state index contributed by atoms with van der Waals surface area (Å²) in [5, 5.41) is 3.59. The summed E-state index contributed by atoms with van der Waals surface area (Å²) in [5.74, 6) is -2.41. The number of aromatic nitrogens is 2. The molecule has 2 amide bonds. The number of nitrogens with one attached hydrogen (secondary N) is 2. The first kappa shape index (κ1) is 40.5. The Labute approximate surface area is 303 Å². The summed E-state index contributed by atoms with van der Waals surface area (Å²) in [7, 11) is 0. The summed E-state index contributed by atoms with van der Waals surface area (Å²) in [6.07, 6.45) is -18.6. The predicted octanol–water partition coefficient (Wildman–Crippen LogP) is 11.3. The van der Waals surface area contributed by atoms with E-state index in [1.54, 1.807) is 0 Å². The Morgan fingerprint density at radius 2 is 0.923 bits per heavy atom. The number of carbonyl (C=O) groups is 2. The number of halogens is 14. The van der Waals surface area contributed by atoms with E-state index in [1.165, 1.54) is 22.6 Å². The van der Waals surface area contributed by atoms with Gasteiger partial charge in [-0.05, 0) is 88.8 Å². The SMILES string of the molecule is O=C(Nc1nc(C(F)(F)F)c(-c2ccc(F)cc2)s1)c1ccc(C(F)(F)F)cc1.O=C(Nc1nc(C(F)(F)F)c(I)s1)c1ccc(C(F)(F)F)cc1. The molecule has 52 heavy (non-hydrogen) atoms. The van der Waals surface area contributed by atoms with Crippen LogP contribution in [0.2, 0.25) is 0 Å². The summed E-state index contributed by atoms with van der Waals surface area (Å²) in [4.78, 5) is 30.3. The summed E-state index contributed by atoms with van der Waals surface area (Å²) in [6.45, 7) is 0. The van der Waals surface area contributed by atoms with Crippen LogP contribution < -0.4 is 10.6 Å². The smallest absolute Gasteiger partial charge is 0.298 e. The largest absolute Gasteiger partial charge is 0.435 e. The molecule has 5 aromatic rings. The molecule has 0 saturated heterocycles. The predicted molar refractivity (Wildman–Crippen MR) is 171 cm³/mol. The van der Waals surface area contributed by atoms with Gasteiger partial charge in [0.2, 0.25) is 0 Å². The number of carbonyl (C=O) groups excluding carboxylic acids is 2. The van der Waals surface area contributed by atoms with Gasteiger partial charge in [0.25, 0.3) is 11.8 Å². The van der Waals surface area contributed by atoms with Crippen molar-refractivity contribution in [2.75, 3.05) is 10.6 Å². The van der Waals surface area contributed by atoms with Gasteiger partial charge in [-0.25, -0.2) is 14.4 Å². The van der Waals surface area contributed by atoms with Gasteiger partial charge in [0.1, 0.15) is 5.82 Å². The Balaban J connectivity index is 0.000000239. The van der Waals surface area contributed by atoms with Crippen LogP contribution in [0.15, 0.2) is 72.8 Å². The summed E-state index contributed by atoms with van der Waals surface area (Å²) < 4.78 is 166. The molecule has 0 radical (unpaired) electrons. The molecular weight excluding hydrogens is 886 g/mol. The fourth-order valence-electron chi connectivity index (χ4n) is 3.85. The molecule has 0 atom stereocenters. The van der Waals surface area contributed by atoms with Gasteiger partial charge in [-0.15, -0.1) is 0 Å². The second-order valence-corrected chi connectivity index (χ2v) is 13.7. The minimum atomic E-state index is -4.84. The van der Waals surface area contributed by atoms with Crippen molar-refractivity contribution >= 4 is 67.3 Å². The van der Waals surface area contributed by atoms with E-state index in [1.807, 2.05) is 0 Å². The monoisotopic (exact) mass is 900 g/mol. The second kappa shape index (κ2) is 15.3. The summed E-state index contributed by atoms with van der Waals surface area (Å²) in [6, 6.07) is 10.7. The van der Waals surface area contributed by atoms with E-state index in [2.05, 4.69) is 20.6 Å². The Hall–Kier alpha value is -4.32. The highest BCUT2D eigenvalue weighted by atomic mass is 127. The molecule has 0 aliphatic heterocycles. The molecule has 0 bridgehead atoms. The molecule has 0 fully saturated rings. The molecule has 2 heterocycles. The number of thiazole rings is 2. The van der Waals surface area contributed by atoms with Crippen LogP contribution in [0.5, 0.6) is 0 Å². The quantitative estimate of drug-likeness (QED) is 0.136. The van der Waals surface area contributed by atoms with Crippen LogP contribution in [0.1, 0.15) is 43.2 Å². The zero-order valence-electron chi connectivity index (χ0n) is 24.7. The number of rotatable bonds is 5. The van der Waals surface area contributed by atoms with E-state index >= 15 is 0 Å². The van der Waals surface area contributed by atoms with Crippen molar-refractivity contribution in [1.29, 1.82) is 0 Å². The van der Waals surface area contributed by atoms with Gasteiger partial charge in [0, 0.05) is 11.1 Å². The lowest BCUT2D eigenvalue weighted by Gasteiger charge is -2.07. The van der Waals surface area contributed by atoms with Crippen molar-refractivity contribution in [3.63, 3.8) is 0 Å². The Morgan fingerprint density at radius 1 is 0.538 bits per heavy atom. The lowest BCUT2D eigenvalue weighted by Crippen LogP contribution is -2.13. The molecule has 3 aromatic carbocycles. The zero-order valence-corrected chi connectivity index (χ0v) is 28.5. The third-order valence-electron chi connectivity index (χ3n) is 6.25. The number of hydrogen-bond donors (Lipinski definition) is 2. The van der Waals surface area contributed by atoms with Crippen molar-refractivity contribution in [1.82, 2.24) is 9.97 Å². The fraction of sp³-hybridized carbons (Fsp3) is 0.133. The first-order chi connectivity index (χ1) is 23.9. The maximum Gasteiger partial charge on any atom is 0.435 e. The molecule has 0 aliphatic rings. The van der Waals surface area contributed by atoms with Gasteiger partial charge < -0.3 is 0 Å². The average Bonchev–Trinajstić information content (AvgIpc) is 3.64. The van der Waals surface area contributed by atoms with Gasteiger partial charge in [0.05, 0.1) is 18.9 Å². The van der Waals surface area contributed by atoms with Crippen LogP contribution in [-0.2, 0) is 24.7 Å². The van der Waals surface area contributed by atoms with Gasteiger partial charge >= 0.3 is 24.7 Å². The summed E-state index contributed by atoms with van der Waals surface area (Å²) >= 11 is 2.57. The molecule has 22 heteroatoms. The standard InChI is InChI=1S/C18H9F7N2OS.C12H5F6IN2OS/c19-12-7-3-9(4-8-12)13-14(18(23,24)25)26-16(29-13)27-15(28)10-1-5-11(6-2-10)17(20,21)22;13-11(14,15)6-3-1-5(2-4-6)9(22)21-10-20-7(8(19)23-10)12(16,17)18/h1-8H,(H,26,27,28);1-4H,(H,20,21,22). The Morgan fingerprint density at radius 3 is 1.29 bits per heavy atom. The highest BCUT2D eigenvalue weighted by molar-refractivity contribution is 14.1.